The minimum Gasteiger partial charge on any atom is -0.324 e. The van der Waals surface area contributed by atoms with Gasteiger partial charge in [0, 0.05) is 24.5 Å². The molecule has 0 radical (unpaired) electrons. The largest absolute Gasteiger partial charge is 0.324 e. The van der Waals surface area contributed by atoms with E-state index >= 15 is 0 Å². The Morgan fingerprint density at radius 3 is 2.75 bits per heavy atom. The Kier molecular flexibility index (Phi) is 3.52. The number of rotatable bonds is 2. The van der Waals surface area contributed by atoms with Crippen LogP contribution in [-0.4, -0.2) is 23.5 Å². The summed E-state index contributed by atoms with van der Waals surface area (Å²) in [6.45, 7) is 0. The minimum absolute atomic E-state index is 0.471. The first-order chi connectivity index (χ1) is 9.79. The van der Waals surface area contributed by atoms with Crippen LogP contribution in [0.5, 0.6) is 0 Å². The maximum atomic E-state index is 11.3. The van der Waals surface area contributed by atoms with Crippen molar-refractivity contribution < 1.29 is 4.79 Å². The zero-order valence-corrected chi connectivity index (χ0v) is 11.7. The van der Waals surface area contributed by atoms with E-state index in [0.717, 1.165) is 27.7 Å². The van der Waals surface area contributed by atoms with Gasteiger partial charge in [-0.2, -0.15) is 0 Å². The van der Waals surface area contributed by atoms with Crippen molar-refractivity contribution in [1.82, 2.24) is 4.98 Å². The molecule has 0 fully saturated rings. The summed E-state index contributed by atoms with van der Waals surface area (Å²) in [7, 11) is 1.94. The SMILES string of the molecule is CN(C1=NC(C=O)c2cccnc2S1)c1ccccc1. The van der Waals surface area contributed by atoms with Gasteiger partial charge in [0.15, 0.2) is 5.17 Å². The zero-order valence-electron chi connectivity index (χ0n) is 10.9. The number of benzene rings is 1. The van der Waals surface area contributed by atoms with Gasteiger partial charge in [0.05, 0.1) is 0 Å². The summed E-state index contributed by atoms with van der Waals surface area (Å²) in [6, 6.07) is 13.2. The van der Waals surface area contributed by atoms with Crippen molar-refractivity contribution in [1.29, 1.82) is 0 Å². The highest BCUT2D eigenvalue weighted by Crippen LogP contribution is 2.35. The summed E-state index contributed by atoms with van der Waals surface area (Å²) in [5.41, 5.74) is 1.90. The summed E-state index contributed by atoms with van der Waals surface area (Å²) >= 11 is 1.48. The van der Waals surface area contributed by atoms with Gasteiger partial charge in [0.2, 0.25) is 0 Å². The number of hydrogen-bond donors (Lipinski definition) is 0. The molecular weight excluding hydrogens is 270 g/mol. The van der Waals surface area contributed by atoms with Crippen LogP contribution in [-0.2, 0) is 4.79 Å². The van der Waals surface area contributed by atoms with Crippen LogP contribution < -0.4 is 4.90 Å². The fraction of sp³-hybridized carbons (Fsp3) is 0.133. The van der Waals surface area contributed by atoms with E-state index in [1.165, 1.54) is 11.8 Å². The number of aliphatic imine (C=N–C) groups is 1. The average Bonchev–Trinajstić information content (AvgIpc) is 2.54. The van der Waals surface area contributed by atoms with Crippen molar-refractivity contribution >= 4 is 28.9 Å². The first-order valence-electron chi connectivity index (χ1n) is 6.24. The Labute approximate surface area is 121 Å². The van der Waals surface area contributed by atoms with Crippen molar-refractivity contribution in [2.24, 2.45) is 4.99 Å². The average molecular weight is 283 g/mol. The van der Waals surface area contributed by atoms with Crippen molar-refractivity contribution in [2.75, 3.05) is 11.9 Å². The van der Waals surface area contributed by atoms with E-state index in [9.17, 15) is 4.79 Å². The van der Waals surface area contributed by atoms with Crippen LogP contribution in [0.25, 0.3) is 0 Å². The molecule has 2 aromatic rings. The van der Waals surface area contributed by atoms with Gasteiger partial charge in [-0.1, -0.05) is 24.3 Å². The van der Waals surface area contributed by atoms with Gasteiger partial charge >= 0.3 is 0 Å². The number of hydrogen-bond acceptors (Lipinski definition) is 5. The molecule has 0 amide bonds. The lowest BCUT2D eigenvalue weighted by Crippen LogP contribution is -2.27. The van der Waals surface area contributed by atoms with Crippen LogP contribution in [0.15, 0.2) is 58.7 Å². The summed E-state index contributed by atoms with van der Waals surface area (Å²) < 4.78 is 0. The van der Waals surface area contributed by atoms with Crippen LogP contribution in [0.4, 0.5) is 5.69 Å². The molecule has 1 aliphatic heterocycles. The monoisotopic (exact) mass is 283 g/mol. The molecule has 0 saturated carbocycles. The van der Waals surface area contributed by atoms with E-state index in [2.05, 4.69) is 9.98 Å². The molecule has 0 N–H and O–H groups in total. The van der Waals surface area contributed by atoms with E-state index in [0.29, 0.717) is 0 Å². The fourth-order valence-electron chi connectivity index (χ4n) is 2.04. The van der Waals surface area contributed by atoms with Crippen molar-refractivity contribution in [3.05, 3.63) is 54.2 Å². The molecule has 3 rings (SSSR count). The second kappa shape index (κ2) is 5.46. The lowest BCUT2D eigenvalue weighted by Gasteiger charge is -2.25. The van der Waals surface area contributed by atoms with Gasteiger partial charge in [-0.3, -0.25) is 0 Å². The number of aldehydes is 1. The van der Waals surface area contributed by atoms with E-state index in [1.807, 2.05) is 54.4 Å². The standard InChI is InChI=1S/C15H13N3OS/c1-18(11-6-3-2-4-7-11)15-17-13(10-19)12-8-5-9-16-14(12)20-15/h2-10,13H,1H3. The zero-order chi connectivity index (χ0) is 13.9. The molecule has 1 aromatic heterocycles. The second-order valence-electron chi connectivity index (χ2n) is 4.39. The van der Waals surface area contributed by atoms with Gasteiger partial charge in [-0.25, -0.2) is 9.98 Å². The normalized spacial score (nSPS) is 17.1. The third kappa shape index (κ3) is 2.32. The highest BCUT2D eigenvalue weighted by Gasteiger charge is 2.25. The number of thioether (sulfide) groups is 1. The van der Waals surface area contributed by atoms with Crippen LogP contribution in [0, 0.1) is 0 Å². The molecule has 5 heteroatoms. The number of pyridine rings is 1. The minimum atomic E-state index is -0.471. The van der Waals surface area contributed by atoms with Gasteiger partial charge in [-0.15, -0.1) is 0 Å². The molecular formula is C15H13N3OS. The summed E-state index contributed by atoms with van der Waals surface area (Å²) in [4.78, 5) is 22.1. The molecule has 100 valence electrons. The number of aromatic nitrogens is 1. The fourth-order valence-corrected chi connectivity index (χ4v) is 3.04. The third-order valence-corrected chi connectivity index (χ3v) is 4.21. The van der Waals surface area contributed by atoms with E-state index in [-0.39, 0.29) is 0 Å². The Balaban J connectivity index is 1.96. The summed E-state index contributed by atoms with van der Waals surface area (Å²) in [5.74, 6) is 0. The van der Waals surface area contributed by atoms with Gasteiger partial charge in [0.25, 0.3) is 0 Å². The predicted octanol–water partition coefficient (Wildman–Crippen LogP) is 2.92. The number of carbonyl (C=O) groups excluding carboxylic acids is 1. The first kappa shape index (κ1) is 12.9. The second-order valence-corrected chi connectivity index (χ2v) is 5.34. The van der Waals surface area contributed by atoms with E-state index in [1.54, 1.807) is 6.20 Å². The Bertz CT molecular complexity index is 657. The Morgan fingerprint density at radius 1 is 1.20 bits per heavy atom. The molecule has 0 bridgehead atoms. The molecule has 0 saturated heterocycles. The number of fused-ring (bicyclic) bond motifs is 1. The molecule has 20 heavy (non-hydrogen) atoms. The Morgan fingerprint density at radius 2 is 2.00 bits per heavy atom. The van der Waals surface area contributed by atoms with E-state index in [4.69, 9.17) is 0 Å². The molecule has 4 nitrogen and oxygen atoms in total. The van der Waals surface area contributed by atoms with Crippen LogP contribution >= 0.6 is 11.8 Å². The van der Waals surface area contributed by atoms with Gasteiger partial charge in [0.1, 0.15) is 17.4 Å². The number of anilines is 1. The smallest absolute Gasteiger partial charge is 0.170 e. The predicted molar refractivity (Wildman–Crippen MR) is 81.2 cm³/mol. The van der Waals surface area contributed by atoms with Crippen LogP contribution in [0.2, 0.25) is 0 Å². The summed E-state index contributed by atoms with van der Waals surface area (Å²) in [6.07, 6.45) is 2.60. The molecule has 0 aliphatic carbocycles. The Hall–Kier alpha value is -2.14. The topological polar surface area (TPSA) is 45.6 Å². The molecule has 2 heterocycles. The number of nitrogens with zero attached hydrogens (tertiary/aromatic N) is 3. The van der Waals surface area contributed by atoms with Crippen LogP contribution in [0.3, 0.4) is 0 Å². The summed E-state index contributed by atoms with van der Waals surface area (Å²) in [5, 5.41) is 1.62. The molecule has 1 aromatic carbocycles. The molecule has 0 spiro atoms. The highest BCUT2D eigenvalue weighted by atomic mass is 32.2. The first-order valence-corrected chi connectivity index (χ1v) is 7.06. The molecule has 1 aliphatic rings. The van der Waals surface area contributed by atoms with Crippen molar-refractivity contribution in [3.8, 4) is 0 Å². The number of para-hydroxylation sites is 1. The van der Waals surface area contributed by atoms with Crippen molar-refractivity contribution in [3.63, 3.8) is 0 Å². The molecule has 1 unspecified atom stereocenters. The molecule has 1 atom stereocenters. The van der Waals surface area contributed by atoms with Gasteiger partial charge in [-0.05, 0) is 30.0 Å². The van der Waals surface area contributed by atoms with E-state index < -0.39 is 6.04 Å². The highest BCUT2D eigenvalue weighted by molar-refractivity contribution is 8.14. The van der Waals surface area contributed by atoms with Crippen LogP contribution in [0.1, 0.15) is 11.6 Å². The lowest BCUT2D eigenvalue weighted by atomic mass is 10.1. The van der Waals surface area contributed by atoms with Gasteiger partial charge < -0.3 is 9.69 Å². The third-order valence-electron chi connectivity index (χ3n) is 3.12. The maximum absolute atomic E-state index is 11.3. The number of amidine groups is 1. The maximum Gasteiger partial charge on any atom is 0.170 e. The lowest BCUT2D eigenvalue weighted by molar-refractivity contribution is -0.109. The number of carbonyl (C=O) groups is 1. The quantitative estimate of drug-likeness (QED) is 0.795. The van der Waals surface area contributed by atoms with Crippen molar-refractivity contribution in [2.45, 2.75) is 11.1 Å².